The Balaban J connectivity index is 1.86. The summed E-state index contributed by atoms with van der Waals surface area (Å²) in [6.07, 6.45) is 0.429. The summed E-state index contributed by atoms with van der Waals surface area (Å²) in [7, 11) is 0. The highest BCUT2D eigenvalue weighted by Gasteiger charge is 2.27. The van der Waals surface area contributed by atoms with Crippen molar-refractivity contribution in [1.29, 1.82) is 0 Å². The summed E-state index contributed by atoms with van der Waals surface area (Å²) in [4.78, 5) is 26.5. The molecule has 4 aromatic rings. The van der Waals surface area contributed by atoms with Gasteiger partial charge in [-0.15, -0.1) is 10.2 Å². The van der Waals surface area contributed by atoms with E-state index in [0.717, 1.165) is 27.3 Å². The van der Waals surface area contributed by atoms with E-state index in [4.69, 9.17) is 5.10 Å². The molecule has 8 nitrogen and oxygen atoms in total. The molecule has 0 aliphatic carbocycles. The van der Waals surface area contributed by atoms with Crippen LogP contribution in [0.25, 0.3) is 16.7 Å². The largest absolute Gasteiger partial charge is 0.299 e. The fourth-order valence-electron chi connectivity index (χ4n) is 3.87. The van der Waals surface area contributed by atoms with Gasteiger partial charge in [-0.25, -0.2) is 4.68 Å². The van der Waals surface area contributed by atoms with E-state index in [1.165, 1.54) is 11.3 Å². The Labute approximate surface area is 189 Å². The molecule has 0 aliphatic heterocycles. The molecule has 0 aliphatic rings. The van der Waals surface area contributed by atoms with Gasteiger partial charge in [0, 0.05) is 17.4 Å². The summed E-state index contributed by atoms with van der Waals surface area (Å²) >= 11 is 1.35. The van der Waals surface area contributed by atoms with Gasteiger partial charge in [0.05, 0.1) is 11.4 Å². The molecule has 0 saturated heterocycles. The first-order valence-corrected chi connectivity index (χ1v) is 11.4. The van der Waals surface area contributed by atoms with E-state index in [0.29, 0.717) is 17.2 Å². The Bertz CT molecular complexity index is 1340. The normalized spacial score (nSPS) is 12.4. The van der Waals surface area contributed by atoms with Crippen molar-refractivity contribution >= 4 is 33.4 Å². The van der Waals surface area contributed by atoms with Gasteiger partial charge in [-0.3, -0.25) is 19.5 Å². The minimum Gasteiger partial charge on any atom is -0.299 e. The van der Waals surface area contributed by atoms with Crippen molar-refractivity contribution in [2.24, 2.45) is 0 Å². The van der Waals surface area contributed by atoms with E-state index < -0.39 is 6.04 Å². The monoisotopic (exact) mass is 450 g/mol. The minimum atomic E-state index is -0.726. The third-order valence-corrected chi connectivity index (χ3v) is 6.54. The zero-order chi connectivity index (χ0) is 23.0. The van der Waals surface area contributed by atoms with Crippen molar-refractivity contribution in [2.75, 3.05) is 5.32 Å². The van der Waals surface area contributed by atoms with Gasteiger partial charge in [-0.1, -0.05) is 50.3 Å². The highest BCUT2D eigenvalue weighted by atomic mass is 32.1. The number of rotatable bonds is 6. The molecule has 32 heavy (non-hydrogen) atoms. The van der Waals surface area contributed by atoms with Crippen molar-refractivity contribution in [1.82, 2.24) is 24.5 Å². The number of aryl methyl sites for hydroxylation is 2. The van der Waals surface area contributed by atoms with Gasteiger partial charge in [0.25, 0.3) is 5.56 Å². The highest BCUT2D eigenvalue weighted by Crippen LogP contribution is 2.28. The molecule has 1 aromatic carbocycles. The van der Waals surface area contributed by atoms with E-state index in [9.17, 15) is 9.59 Å². The van der Waals surface area contributed by atoms with Gasteiger partial charge in [-0.2, -0.15) is 5.10 Å². The number of aromatic nitrogens is 5. The second-order valence-corrected chi connectivity index (χ2v) is 9.09. The van der Waals surface area contributed by atoms with Crippen LogP contribution in [-0.2, 0) is 4.79 Å². The fraction of sp³-hybridized carbons (Fsp3) is 0.348. The summed E-state index contributed by atoms with van der Waals surface area (Å²) in [6.45, 7) is 9.75. The standard InChI is InChI=1S/C23H26N6O2S/c1-6-17(20(31)24-23-26-25-21(32-23)13(2)3)28-18(30)12-14(4)19-15(5)27-29(22(19)28)16-10-8-7-9-11-16/h7-13,17H,6H2,1-5H3,(H,24,26,31). The number of amides is 1. The molecule has 9 heteroatoms. The van der Waals surface area contributed by atoms with E-state index >= 15 is 0 Å². The van der Waals surface area contributed by atoms with Crippen molar-refractivity contribution in [3.8, 4) is 5.69 Å². The molecule has 1 unspecified atom stereocenters. The van der Waals surface area contributed by atoms with Crippen LogP contribution in [0.15, 0.2) is 41.2 Å². The van der Waals surface area contributed by atoms with Crippen LogP contribution in [0, 0.1) is 13.8 Å². The lowest BCUT2D eigenvalue weighted by Gasteiger charge is -2.20. The maximum absolute atomic E-state index is 13.3. The summed E-state index contributed by atoms with van der Waals surface area (Å²) in [6, 6.07) is 10.5. The van der Waals surface area contributed by atoms with Crippen molar-refractivity contribution in [3.63, 3.8) is 0 Å². The molecule has 1 amide bonds. The number of hydrogen-bond donors (Lipinski definition) is 1. The average molecular weight is 451 g/mol. The first-order valence-electron chi connectivity index (χ1n) is 10.6. The lowest BCUT2D eigenvalue weighted by molar-refractivity contribution is -0.119. The molecular formula is C23H26N6O2S. The Morgan fingerprint density at radius 2 is 1.88 bits per heavy atom. The van der Waals surface area contributed by atoms with Gasteiger partial charge in [0.2, 0.25) is 11.0 Å². The smallest absolute Gasteiger partial charge is 0.253 e. The maximum atomic E-state index is 13.3. The fourth-order valence-corrected chi connectivity index (χ4v) is 4.62. The lowest BCUT2D eigenvalue weighted by Crippen LogP contribution is -2.34. The molecular weight excluding hydrogens is 424 g/mol. The third-order valence-electron chi connectivity index (χ3n) is 5.40. The highest BCUT2D eigenvalue weighted by molar-refractivity contribution is 7.15. The van der Waals surface area contributed by atoms with Gasteiger partial charge in [0.15, 0.2) is 0 Å². The lowest BCUT2D eigenvalue weighted by atomic mass is 10.1. The summed E-state index contributed by atoms with van der Waals surface area (Å²) in [5, 5.41) is 17.9. The molecule has 3 aromatic heterocycles. The van der Waals surface area contributed by atoms with Gasteiger partial charge < -0.3 is 0 Å². The minimum absolute atomic E-state index is 0.225. The maximum Gasteiger partial charge on any atom is 0.253 e. The Morgan fingerprint density at radius 3 is 2.50 bits per heavy atom. The molecule has 0 bridgehead atoms. The van der Waals surface area contributed by atoms with Crippen molar-refractivity contribution < 1.29 is 4.79 Å². The molecule has 1 atom stereocenters. The van der Waals surface area contributed by atoms with E-state index in [2.05, 4.69) is 15.5 Å². The predicted octanol–water partition coefficient (Wildman–Crippen LogP) is 4.37. The number of pyridine rings is 1. The van der Waals surface area contributed by atoms with Gasteiger partial charge in [-0.05, 0) is 38.0 Å². The Kier molecular flexibility index (Phi) is 5.92. The number of fused-ring (bicyclic) bond motifs is 1. The second-order valence-electron chi connectivity index (χ2n) is 8.08. The van der Waals surface area contributed by atoms with E-state index in [-0.39, 0.29) is 17.4 Å². The van der Waals surface area contributed by atoms with Crippen LogP contribution < -0.4 is 10.9 Å². The van der Waals surface area contributed by atoms with Crippen LogP contribution >= 0.6 is 11.3 Å². The number of hydrogen-bond acceptors (Lipinski definition) is 6. The molecule has 3 heterocycles. The number of carbonyl (C=O) groups excluding carboxylic acids is 1. The van der Waals surface area contributed by atoms with Crippen LogP contribution in [0.2, 0.25) is 0 Å². The molecule has 0 radical (unpaired) electrons. The number of carbonyl (C=O) groups is 1. The average Bonchev–Trinajstić information content (AvgIpc) is 3.36. The molecule has 166 valence electrons. The number of anilines is 1. The predicted molar refractivity (Wildman–Crippen MR) is 127 cm³/mol. The second kappa shape index (κ2) is 8.66. The number of benzene rings is 1. The van der Waals surface area contributed by atoms with Gasteiger partial charge >= 0.3 is 0 Å². The molecule has 1 N–H and O–H groups in total. The van der Waals surface area contributed by atoms with Gasteiger partial charge in [0.1, 0.15) is 16.7 Å². The summed E-state index contributed by atoms with van der Waals surface area (Å²) < 4.78 is 3.30. The molecule has 0 spiro atoms. The Morgan fingerprint density at radius 1 is 1.16 bits per heavy atom. The third kappa shape index (κ3) is 3.84. The van der Waals surface area contributed by atoms with Crippen LogP contribution in [0.4, 0.5) is 5.13 Å². The number of nitrogens with one attached hydrogen (secondary N) is 1. The van der Waals surface area contributed by atoms with Crippen LogP contribution in [0.3, 0.4) is 0 Å². The van der Waals surface area contributed by atoms with E-state index in [1.807, 2.05) is 65.0 Å². The van der Waals surface area contributed by atoms with Crippen LogP contribution in [-0.4, -0.2) is 30.5 Å². The van der Waals surface area contributed by atoms with E-state index in [1.54, 1.807) is 15.3 Å². The first-order chi connectivity index (χ1) is 15.3. The topological polar surface area (TPSA) is 94.7 Å². The van der Waals surface area contributed by atoms with Crippen molar-refractivity contribution in [2.45, 2.75) is 53.0 Å². The molecule has 0 saturated carbocycles. The Hall–Kier alpha value is -3.33. The first kappa shape index (κ1) is 21.9. The number of nitrogens with zero attached hydrogens (tertiary/aromatic N) is 5. The SMILES string of the molecule is CCC(C(=O)Nc1nnc(C(C)C)s1)n1c(=O)cc(C)c2c(C)nn(-c3ccccc3)c21. The van der Waals surface area contributed by atoms with Crippen LogP contribution in [0.5, 0.6) is 0 Å². The summed E-state index contributed by atoms with van der Waals surface area (Å²) in [5.41, 5.74) is 2.83. The van der Waals surface area contributed by atoms with Crippen LogP contribution in [0.1, 0.15) is 55.4 Å². The zero-order valence-electron chi connectivity index (χ0n) is 18.8. The molecule has 4 rings (SSSR count). The zero-order valence-corrected chi connectivity index (χ0v) is 19.6. The van der Waals surface area contributed by atoms with Crippen molar-refractivity contribution in [3.05, 3.63) is 63.0 Å². The quantitative estimate of drug-likeness (QED) is 0.471. The number of para-hydroxylation sites is 1. The summed E-state index contributed by atoms with van der Waals surface area (Å²) in [5.74, 6) is -0.0765. The molecule has 0 fully saturated rings.